The van der Waals surface area contributed by atoms with Crippen LogP contribution in [-0.4, -0.2) is 31.9 Å². The van der Waals surface area contributed by atoms with E-state index in [4.69, 9.17) is 10.2 Å². The van der Waals surface area contributed by atoms with Crippen molar-refractivity contribution in [2.45, 2.75) is 43.4 Å². The van der Waals surface area contributed by atoms with Crippen LogP contribution >= 0.6 is 0 Å². The van der Waals surface area contributed by atoms with Crippen molar-refractivity contribution in [3.05, 3.63) is 29.8 Å². The quantitative estimate of drug-likeness (QED) is 0.555. The van der Waals surface area contributed by atoms with Gasteiger partial charge in [0.15, 0.2) is 0 Å². The molecular formula is C15H22N2O5S. The molecule has 7 nitrogen and oxygen atoms in total. The van der Waals surface area contributed by atoms with Crippen LogP contribution in [0.3, 0.4) is 0 Å². The number of primary sulfonamides is 1. The van der Waals surface area contributed by atoms with Gasteiger partial charge in [-0.05, 0) is 37.1 Å². The van der Waals surface area contributed by atoms with Crippen molar-refractivity contribution >= 4 is 21.9 Å². The van der Waals surface area contributed by atoms with Crippen molar-refractivity contribution in [1.82, 2.24) is 5.32 Å². The molecule has 23 heavy (non-hydrogen) atoms. The lowest BCUT2D eigenvalue weighted by Gasteiger charge is -2.06. The molecule has 0 aliphatic rings. The number of aliphatic carboxylic acids is 1. The lowest BCUT2D eigenvalue weighted by molar-refractivity contribution is -0.137. The van der Waals surface area contributed by atoms with E-state index in [1.54, 1.807) is 0 Å². The molecule has 0 spiro atoms. The van der Waals surface area contributed by atoms with Crippen LogP contribution in [0.1, 0.15) is 48.9 Å². The second-order valence-corrected chi connectivity index (χ2v) is 6.80. The maximum absolute atomic E-state index is 11.9. The minimum Gasteiger partial charge on any atom is -0.481 e. The topological polar surface area (TPSA) is 127 Å². The Labute approximate surface area is 135 Å². The summed E-state index contributed by atoms with van der Waals surface area (Å²) in [6, 6.07) is 5.43. The average molecular weight is 342 g/mol. The van der Waals surface area contributed by atoms with Crippen molar-refractivity contribution in [1.29, 1.82) is 0 Å². The minimum atomic E-state index is -3.75. The smallest absolute Gasteiger partial charge is 0.303 e. The molecule has 1 rings (SSSR count). The molecule has 8 heteroatoms. The van der Waals surface area contributed by atoms with Crippen LogP contribution in [0.25, 0.3) is 0 Å². The number of rotatable bonds is 10. The van der Waals surface area contributed by atoms with Crippen LogP contribution in [0.15, 0.2) is 29.2 Å². The van der Waals surface area contributed by atoms with Crippen molar-refractivity contribution in [3.63, 3.8) is 0 Å². The summed E-state index contributed by atoms with van der Waals surface area (Å²) < 4.78 is 22.2. The van der Waals surface area contributed by atoms with Crippen LogP contribution in [-0.2, 0) is 14.8 Å². The number of carbonyl (C=O) groups is 2. The van der Waals surface area contributed by atoms with E-state index < -0.39 is 16.0 Å². The SMILES string of the molecule is NS(=O)(=O)c1ccc(C(=O)NCCCCCCCC(=O)O)cc1. The molecule has 128 valence electrons. The van der Waals surface area contributed by atoms with Crippen LogP contribution < -0.4 is 10.5 Å². The van der Waals surface area contributed by atoms with Gasteiger partial charge in [0.25, 0.3) is 5.91 Å². The maximum atomic E-state index is 11.9. The monoisotopic (exact) mass is 342 g/mol. The summed E-state index contributed by atoms with van der Waals surface area (Å²) in [7, 11) is -3.75. The third-order valence-electron chi connectivity index (χ3n) is 3.30. The van der Waals surface area contributed by atoms with Gasteiger partial charge in [-0.2, -0.15) is 0 Å². The zero-order valence-corrected chi connectivity index (χ0v) is 13.6. The van der Waals surface area contributed by atoms with Gasteiger partial charge in [-0.3, -0.25) is 9.59 Å². The highest BCUT2D eigenvalue weighted by Crippen LogP contribution is 2.09. The second-order valence-electron chi connectivity index (χ2n) is 5.24. The van der Waals surface area contributed by atoms with Gasteiger partial charge < -0.3 is 10.4 Å². The van der Waals surface area contributed by atoms with Crippen molar-refractivity contribution < 1.29 is 23.1 Å². The Morgan fingerprint density at radius 3 is 2.13 bits per heavy atom. The molecule has 0 fully saturated rings. The standard InChI is InChI=1S/C15H22N2O5S/c16-23(21,22)13-9-7-12(8-10-13)15(20)17-11-5-3-1-2-4-6-14(18)19/h7-10H,1-6,11H2,(H,17,20)(H,18,19)(H2,16,21,22). The van der Waals surface area contributed by atoms with Gasteiger partial charge in [0.05, 0.1) is 4.90 Å². The van der Waals surface area contributed by atoms with Gasteiger partial charge in [0, 0.05) is 18.5 Å². The number of hydrogen-bond acceptors (Lipinski definition) is 4. The fraction of sp³-hybridized carbons (Fsp3) is 0.467. The molecule has 0 radical (unpaired) electrons. The third-order valence-corrected chi connectivity index (χ3v) is 4.23. The van der Waals surface area contributed by atoms with Crippen LogP contribution in [0.5, 0.6) is 0 Å². The number of carboxylic acid groups (broad SMARTS) is 1. The predicted molar refractivity (Wildman–Crippen MR) is 85.5 cm³/mol. The number of benzene rings is 1. The fourth-order valence-electron chi connectivity index (χ4n) is 2.03. The number of carboxylic acids is 1. The van der Waals surface area contributed by atoms with E-state index in [-0.39, 0.29) is 17.2 Å². The van der Waals surface area contributed by atoms with Gasteiger partial charge in [-0.15, -0.1) is 0 Å². The number of amides is 1. The van der Waals surface area contributed by atoms with E-state index in [0.29, 0.717) is 18.5 Å². The molecule has 0 bridgehead atoms. The molecule has 0 atom stereocenters. The lowest BCUT2D eigenvalue weighted by atomic mass is 10.1. The summed E-state index contributed by atoms with van der Waals surface area (Å²) in [5.74, 6) is -1.04. The van der Waals surface area contributed by atoms with E-state index in [0.717, 1.165) is 25.7 Å². The summed E-state index contributed by atoms with van der Waals surface area (Å²) in [6.45, 7) is 0.523. The van der Waals surface area contributed by atoms with Crippen LogP contribution in [0.4, 0.5) is 0 Å². The summed E-state index contributed by atoms with van der Waals surface area (Å²) in [6.07, 6.45) is 4.42. The molecule has 0 aliphatic heterocycles. The number of hydrogen-bond donors (Lipinski definition) is 3. The Morgan fingerprint density at radius 1 is 1.00 bits per heavy atom. The minimum absolute atomic E-state index is 0.0320. The lowest BCUT2D eigenvalue weighted by Crippen LogP contribution is -2.24. The average Bonchev–Trinajstić information content (AvgIpc) is 2.48. The van der Waals surface area contributed by atoms with E-state index in [1.165, 1.54) is 24.3 Å². The van der Waals surface area contributed by atoms with Gasteiger partial charge >= 0.3 is 5.97 Å². The zero-order valence-electron chi connectivity index (χ0n) is 12.8. The number of carbonyl (C=O) groups excluding carboxylic acids is 1. The molecular weight excluding hydrogens is 320 g/mol. The van der Waals surface area contributed by atoms with E-state index in [1.807, 2.05) is 0 Å². The highest BCUT2D eigenvalue weighted by molar-refractivity contribution is 7.89. The molecule has 1 amide bonds. The predicted octanol–water partition coefficient (Wildman–Crippen LogP) is 1.49. The second kappa shape index (κ2) is 9.26. The van der Waals surface area contributed by atoms with Crippen LogP contribution in [0.2, 0.25) is 0 Å². The Kier molecular flexibility index (Phi) is 7.70. The Balaban J connectivity index is 2.23. The molecule has 0 unspecified atom stereocenters. The first kappa shape index (κ1) is 19.1. The molecule has 0 aliphatic carbocycles. The zero-order chi connectivity index (χ0) is 17.3. The summed E-state index contributed by atoms with van der Waals surface area (Å²) in [5, 5.41) is 16.2. The summed E-state index contributed by atoms with van der Waals surface area (Å²) in [5.41, 5.74) is 0.374. The molecule has 0 heterocycles. The molecule has 1 aromatic rings. The first-order valence-corrected chi connectivity index (χ1v) is 8.98. The van der Waals surface area contributed by atoms with Gasteiger partial charge in [-0.25, -0.2) is 13.6 Å². The van der Waals surface area contributed by atoms with E-state index >= 15 is 0 Å². The molecule has 4 N–H and O–H groups in total. The maximum Gasteiger partial charge on any atom is 0.303 e. The molecule has 0 saturated heterocycles. The fourth-order valence-corrected chi connectivity index (χ4v) is 2.55. The number of nitrogens with one attached hydrogen (secondary N) is 1. The van der Waals surface area contributed by atoms with Gasteiger partial charge in [0.1, 0.15) is 0 Å². The van der Waals surface area contributed by atoms with Gasteiger partial charge in [-0.1, -0.05) is 19.3 Å². The van der Waals surface area contributed by atoms with Crippen molar-refractivity contribution in [2.24, 2.45) is 5.14 Å². The first-order chi connectivity index (χ1) is 10.8. The van der Waals surface area contributed by atoms with E-state index in [2.05, 4.69) is 5.32 Å². The molecule has 1 aromatic carbocycles. The highest BCUT2D eigenvalue weighted by Gasteiger charge is 2.09. The largest absolute Gasteiger partial charge is 0.481 e. The van der Waals surface area contributed by atoms with E-state index in [9.17, 15) is 18.0 Å². The Morgan fingerprint density at radius 2 is 1.57 bits per heavy atom. The van der Waals surface area contributed by atoms with Crippen molar-refractivity contribution in [2.75, 3.05) is 6.54 Å². The summed E-state index contributed by atoms with van der Waals surface area (Å²) in [4.78, 5) is 22.2. The summed E-state index contributed by atoms with van der Waals surface area (Å²) >= 11 is 0. The third kappa shape index (κ3) is 7.75. The van der Waals surface area contributed by atoms with Gasteiger partial charge in [0.2, 0.25) is 10.0 Å². The highest BCUT2D eigenvalue weighted by atomic mass is 32.2. The molecule has 0 saturated carbocycles. The number of nitrogens with two attached hydrogens (primary N) is 1. The Bertz CT molecular complexity index is 626. The number of unbranched alkanes of at least 4 members (excludes halogenated alkanes) is 4. The molecule has 0 aromatic heterocycles. The van der Waals surface area contributed by atoms with Crippen molar-refractivity contribution in [3.8, 4) is 0 Å². The Hall–Kier alpha value is -1.93. The number of sulfonamides is 1. The first-order valence-electron chi connectivity index (χ1n) is 7.43. The normalized spacial score (nSPS) is 11.2. The van der Waals surface area contributed by atoms with Crippen LogP contribution in [0, 0.1) is 0 Å².